The van der Waals surface area contributed by atoms with Crippen LogP contribution in [0.4, 0.5) is 18.9 Å². The van der Waals surface area contributed by atoms with E-state index in [1.807, 2.05) is 36.1 Å². The predicted octanol–water partition coefficient (Wildman–Crippen LogP) is 6.14. The SMILES string of the molecule is Cc1cccc(CC(=O)c2cc(N3CCC(N4CCC(C)CC4)CC3)cc(C(F)(F)F)c2)c1. The van der Waals surface area contributed by atoms with Crippen molar-refractivity contribution >= 4 is 11.5 Å². The number of benzene rings is 2. The van der Waals surface area contributed by atoms with Crippen molar-refractivity contribution in [1.29, 1.82) is 0 Å². The second-order valence-electron chi connectivity index (χ2n) is 9.79. The molecule has 2 aromatic rings. The standard InChI is InChI=1S/C27H33F3N2O/c1-19-6-10-31(11-7-19)24-8-12-32(13-9-24)25-17-22(16-23(18-25)27(28,29)30)26(33)15-21-5-3-4-20(2)14-21/h3-5,14,16-19,24H,6-13,15H2,1-2H3. The van der Waals surface area contributed by atoms with Crippen molar-refractivity contribution in [3.05, 3.63) is 64.7 Å². The number of carbonyl (C=O) groups excluding carboxylic acids is 1. The molecule has 2 aliphatic rings. The molecule has 0 saturated carbocycles. The number of nitrogens with zero attached hydrogens (tertiary/aromatic N) is 2. The lowest BCUT2D eigenvalue weighted by Crippen LogP contribution is -2.47. The summed E-state index contributed by atoms with van der Waals surface area (Å²) in [5, 5.41) is 0. The van der Waals surface area contributed by atoms with E-state index in [1.165, 1.54) is 18.9 Å². The zero-order valence-electron chi connectivity index (χ0n) is 19.5. The third-order valence-corrected chi connectivity index (χ3v) is 7.18. The molecule has 2 aliphatic heterocycles. The fourth-order valence-electron chi connectivity index (χ4n) is 5.11. The lowest BCUT2D eigenvalue weighted by atomic mass is 9.94. The number of piperidine rings is 2. The van der Waals surface area contributed by atoms with Crippen molar-refractivity contribution in [3.63, 3.8) is 0 Å². The van der Waals surface area contributed by atoms with Gasteiger partial charge in [0, 0.05) is 36.8 Å². The third-order valence-electron chi connectivity index (χ3n) is 7.18. The molecule has 0 spiro atoms. The molecule has 0 bridgehead atoms. The van der Waals surface area contributed by atoms with Crippen LogP contribution in [0.1, 0.15) is 59.7 Å². The second kappa shape index (κ2) is 9.88. The highest BCUT2D eigenvalue weighted by Gasteiger charge is 2.33. The lowest BCUT2D eigenvalue weighted by molar-refractivity contribution is -0.137. The van der Waals surface area contributed by atoms with Crippen LogP contribution in [0.25, 0.3) is 0 Å². The maximum atomic E-state index is 13.7. The number of ketones is 1. The van der Waals surface area contributed by atoms with Crippen LogP contribution in [0.15, 0.2) is 42.5 Å². The Hall–Kier alpha value is -2.34. The average molecular weight is 459 g/mol. The van der Waals surface area contributed by atoms with Gasteiger partial charge in [0.05, 0.1) is 5.56 Å². The molecule has 2 aromatic carbocycles. The molecule has 6 heteroatoms. The zero-order valence-corrected chi connectivity index (χ0v) is 19.5. The van der Waals surface area contributed by atoms with Gasteiger partial charge in [-0.3, -0.25) is 4.79 Å². The zero-order chi connectivity index (χ0) is 23.6. The summed E-state index contributed by atoms with van der Waals surface area (Å²) in [5.74, 6) is 0.493. The summed E-state index contributed by atoms with van der Waals surface area (Å²) in [6, 6.07) is 11.9. The lowest BCUT2D eigenvalue weighted by Gasteiger charge is -2.42. The van der Waals surface area contributed by atoms with E-state index in [2.05, 4.69) is 11.8 Å². The first-order valence-electron chi connectivity index (χ1n) is 12.0. The number of alkyl halides is 3. The van der Waals surface area contributed by atoms with Crippen LogP contribution in [0, 0.1) is 12.8 Å². The van der Waals surface area contributed by atoms with Crippen molar-refractivity contribution in [1.82, 2.24) is 4.90 Å². The van der Waals surface area contributed by atoms with Gasteiger partial charge in [0.25, 0.3) is 0 Å². The fourth-order valence-corrected chi connectivity index (χ4v) is 5.11. The molecular formula is C27H33F3N2O. The Kier molecular flexibility index (Phi) is 7.13. The molecule has 0 radical (unpaired) electrons. The van der Waals surface area contributed by atoms with E-state index in [4.69, 9.17) is 0 Å². The number of Topliss-reactive ketones (excluding diaryl/α,β-unsaturated/α-hetero) is 1. The highest BCUT2D eigenvalue weighted by Crippen LogP contribution is 2.35. The number of likely N-dealkylation sites (tertiary alicyclic amines) is 1. The fraction of sp³-hybridized carbons (Fsp3) is 0.519. The summed E-state index contributed by atoms with van der Waals surface area (Å²) >= 11 is 0. The molecule has 0 aliphatic carbocycles. The summed E-state index contributed by atoms with van der Waals surface area (Å²) in [6.45, 7) is 7.89. The molecule has 0 unspecified atom stereocenters. The smallest absolute Gasteiger partial charge is 0.371 e. The van der Waals surface area contributed by atoms with Gasteiger partial charge < -0.3 is 9.80 Å². The van der Waals surface area contributed by atoms with Gasteiger partial charge in [0.15, 0.2) is 5.78 Å². The van der Waals surface area contributed by atoms with Crippen molar-refractivity contribution in [3.8, 4) is 0 Å². The van der Waals surface area contributed by atoms with Gasteiger partial charge in [-0.05, 0) is 75.4 Å². The van der Waals surface area contributed by atoms with Crippen LogP contribution < -0.4 is 4.90 Å². The maximum Gasteiger partial charge on any atom is 0.416 e. The van der Waals surface area contributed by atoms with Crippen molar-refractivity contribution in [2.75, 3.05) is 31.1 Å². The molecule has 2 fully saturated rings. The van der Waals surface area contributed by atoms with Crippen molar-refractivity contribution < 1.29 is 18.0 Å². The Morgan fingerprint density at radius 1 is 0.970 bits per heavy atom. The van der Waals surface area contributed by atoms with E-state index in [0.29, 0.717) is 24.8 Å². The van der Waals surface area contributed by atoms with Gasteiger partial charge in [0.2, 0.25) is 0 Å². The monoisotopic (exact) mass is 458 g/mol. The van der Waals surface area contributed by atoms with Gasteiger partial charge in [0.1, 0.15) is 0 Å². The van der Waals surface area contributed by atoms with Crippen LogP contribution >= 0.6 is 0 Å². The Bertz CT molecular complexity index is 972. The van der Waals surface area contributed by atoms with Crippen LogP contribution in [0.2, 0.25) is 0 Å². The Morgan fingerprint density at radius 3 is 2.30 bits per heavy atom. The number of hydrogen-bond donors (Lipinski definition) is 0. The van der Waals surface area contributed by atoms with Crippen LogP contribution in [0.5, 0.6) is 0 Å². The van der Waals surface area contributed by atoms with Crippen molar-refractivity contribution in [2.24, 2.45) is 5.92 Å². The van der Waals surface area contributed by atoms with Gasteiger partial charge in [-0.15, -0.1) is 0 Å². The van der Waals surface area contributed by atoms with Gasteiger partial charge in [-0.2, -0.15) is 13.2 Å². The van der Waals surface area contributed by atoms with Gasteiger partial charge >= 0.3 is 6.18 Å². The van der Waals surface area contributed by atoms with E-state index in [0.717, 1.165) is 49.0 Å². The minimum Gasteiger partial charge on any atom is -0.371 e. The van der Waals surface area contributed by atoms with Crippen LogP contribution in [-0.2, 0) is 12.6 Å². The molecule has 0 atom stereocenters. The minimum atomic E-state index is -4.49. The molecule has 0 N–H and O–H groups in total. The highest BCUT2D eigenvalue weighted by atomic mass is 19.4. The van der Waals surface area contributed by atoms with E-state index < -0.39 is 11.7 Å². The highest BCUT2D eigenvalue weighted by molar-refractivity contribution is 5.98. The summed E-state index contributed by atoms with van der Waals surface area (Å²) in [7, 11) is 0. The Morgan fingerprint density at radius 2 is 1.67 bits per heavy atom. The molecule has 0 aromatic heterocycles. The average Bonchev–Trinajstić information content (AvgIpc) is 2.79. The summed E-state index contributed by atoms with van der Waals surface area (Å²) in [6.07, 6.45) is -0.0655. The quantitative estimate of drug-likeness (QED) is 0.503. The number of halogens is 3. The topological polar surface area (TPSA) is 23.6 Å². The van der Waals surface area contributed by atoms with Crippen molar-refractivity contribution in [2.45, 2.75) is 58.2 Å². The molecule has 2 heterocycles. The van der Waals surface area contributed by atoms with E-state index in [1.54, 1.807) is 6.07 Å². The first-order chi connectivity index (χ1) is 15.7. The molecule has 0 amide bonds. The number of rotatable bonds is 5. The third kappa shape index (κ3) is 5.97. The molecule has 4 rings (SSSR count). The maximum absolute atomic E-state index is 13.7. The summed E-state index contributed by atoms with van der Waals surface area (Å²) in [5.41, 5.74) is 1.73. The molecule has 33 heavy (non-hydrogen) atoms. The Labute approximate surface area is 194 Å². The van der Waals surface area contributed by atoms with Gasteiger partial charge in [-0.1, -0.05) is 36.8 Å². The summed E-state index contributed by atoms with van der Waals surface area (Å²) < 4.78 is 41.0. The number of anilines is 1. The molecule has 2 saturated heterocycles. The first kappa shape index (κ1) is 23.8. The number of hydrogen-bond acceptors (Lipinski definition) is 3. The predicted molar refractivity (Wildman–Crippen MR) is 126 cm³/mol. The molecular weight excluding hydrogens is 425 g/mol. The van der Waals surface area contributed by atoms with Crippen LogP contribution in [-0.4, -0.2) is 42.9 Å². The van der Waals surface area contributed by atoms with Gasteiger partial charge in [-0.25, -0.2) is 0 Å². The number of aryl methyl sites for hydroxylation is 1. The Balaban J connectivity index is 1.50. The molecule has 3 nitrogen and oxygen atoms in total. The number of carbonyl (C=O) groups is 1. The largest absolute Gasteiger partial charge is 0.416 e. The van der Waals surface area contributed by atoms with Crippen LogP contribution in [0.3, 0.4) is 0 Å². The van der Waals surface area contributed by atoms with E-state index in [9.17, 15) is 18.0 Å². The minimum absolute atomic E-state index is 0.0951. The van der Waals surface area contributed by atoms with E-state index in [-0.39, 0.29) is 17.8 Å². The van der Waals surface area contributed by atoms with E-state index >= 15 is 0 Å². The first-order valence-corrected chi connectivity index (χ1v) is 12.0. The second-order valence-corrected chi connectivity index (χ2v) is 9.79. The molecule has 178 valence electrons. The normalized spacial score (nSPS) is 19.1. The summed E-state index contributed by atoms with van der Waals surface area (Å²) in [4.78, 5) is 17.5.